The van der Waals surface area contributed by atoms with Gasteiger partial charge in [-0.2, -0.15) is 5.10 Å². The van der Waals surface area contributed by atoms with Gasteiger partial charge in [-0.1, -0.05) is 6.92 Å². The molecule has 0 aliphatic rings. The fourth-order valence-corrected chi connectivity index (χ4v) is 2.03. The van der Waals surface area contributed by atoms with Gasteiger partial charge in [0.05, 0.1) is 11.3 Å². The second-order valence-corrected chi connectivity index (χ2v) is 4.48. The standard InChI is InChI=1S/C14H16FN3O2/c1-3-13-9(8-18(2)17-13)7-16-10-4-5-12(15)11(6-10)14(19)20/h4-6,8,16H,3,7H2,1-2H3,(H,19,20). The van der Waals surface area contributed by atoms with Crippen LogP contribution in [0.5, 0.6) is 0 Å². The Morgan fingerprint density at radius 1 is 1.50 bits per heavy atom. The third-order valence-corrected chi connectivity index (χ3v) is 3.01. The van der Waals surface area contributed by atoms with Crippen molar-refractivity contribution in [3.63, 3.8) is 0 Å². The number of halogens is 1. The summed E-state index contributed by atoms with van der Waals surface area (Å²) in [5.41, 5.74) is 2.25. The number of carboxylic acids is 1. The van der Waals surface area contributed by atoms with Gasteiger partial charge in [-0.05, 0) is 24.6 Å². The summed E-state index contributed by atoms with van der Waals surface area (Å²) >= 11 is 0. The van der Waals surface area contributed by atoms with E-state index in [4.69, 9.17) is 5.11 Å². The number of anilines is 1. The molecule has 6 heteroatoms. The smallest absolute Gasteiger partial charge is 0.338 e. The monoisotopic (exact) mass is 277 g/mol. The van der Waals surface area contributed by atoms with Crippen molar-refractivity contribution in [3.8, 4) is 0 Å². The van der Waals surface area contributed by atoms with E-state index in [1.165, 1.54) is 12.1 Å². The number of rotatable bonds is 5. The minimum absolute atomic E-state index is 0.336. The van der Waals surface area contributed by atoms with Crippen LogP contribution in [-0.2, 0) is 20.0 Å². The summed E-state index contributed by atoms with van der Waals surface area (Å²) in [5, 5.41) is 16.3. The molecule has 0 bridgehead atoms. The molecule has 2 aromatic rings. The quantitative estimate of drug-likeness (QED) is 0.880. The number of hydrogen-bond donors (Lipinski definition) is 2. The van der Waals surface area contributed by atoms with E-state index < -0.39 is 11.8 Å². The van der Waals surface area contributed by atoms with Crippen LogP contribution in [0.25, 0.3) is 0 Å². The average molecular weight is 277 g/mol. The molecule has 0 atom stereocenters. The van der Waals surface area contributed by atoms with Gasteiger partial charge in [0, 0.05) is 31.0 Å². The molecule has 1 aromatic carbocycles. The number of benzene rings is 1. The summed E-state index contributed by atoms with van der Waals surface area (Å²) in [6.45, 7) is 2.54. The average Bonchev–Trinajstić information content (AvgIpc) is 2.77. The molecule has 1 heterocycles. The van der Waals surface area contributed by atoms with Crippen molar-refractivity contribution in [1.29, 1.82) is 0 Å². The Bertz CT molecular complexity index is 637. The lowest BCUT2D eigenvalue weighted by molar-refractivity contribution is 0.0692. The van der Waals surface area contributed by atoms with Crippen molar-refractivity contribution in [2.24, 2.45) is 7.05 Å². The van der Waals surface area contributed by atoms with E-state index in [0.29, 0.717) is 12.2 Å². The van der Waals surface area contributed by atoms with E-state index in [2.05, 4.69) is 10.4 Å². The third-order valence-electron chi connectivity index (χ3n) is 3.01. The molecule has 106 valence electrons. The number of aromatic nitrogens is 2. The molecule has 0 fully saturated rings. The van der Waals surface area contributed by atoms with Gasteiger partial charge in [0.1, 0.15) is 5.82 Å². The first-order chi connectivity index (χ1) is 9.51. The SMILES string of the molecule is CCc1nn(C)cc1CNc1ccc(F)c(C(=O)O)c1. The second-order valence-electron chi connectivity index (χ2n) is 4.48. The Kier molecular flexibility index (Phi) is 4.02. The first-order valence-corrected chi connectivity index (χ1v) is 6.29. The molecule has 0 aliphatic carbocycles. The predicted octanol–water partition coefficient (Wildman–Crippen LogP) is 2.43. The van der Waals surface area contributed by atoms with Crippen LogP contribution in [0.4, 0.5) is 10.1 Å². The molecule has 0 spiro atoms. The summed E-state index contributed by atoms with van der Waals surface area (Å²) < 4.78 is 15.0. The van der Waals surface area contributed by atoms with Gasteiger partial charge in [0.25, 0.3) is 0 Å². The van der Waals surface area contributed by atoms with Crippen molar-refractivity contribution >= 4 is 11.7 Å². The molecule has 20 heavy (non-hydrogen) atoms. The van der Waals surface area contributed by atoms with E-state index in [0.717, 1.165) is 23.7 Å². The highest BCUT2D eigenvalue weighted by Crippen LogP contribution is 2.16. The van der Waals surface area contributed by atoms with E-state index in [1.807, 2.05) is 20.2 Å². The summed E-state index contributed by atoms with van der Waals surface area (Å²) in [6.07, 6.45) is 2.73. The number of carbonyl (C=O) groups is 1. The Hall–Kier alpha value is -2.37. The molecule has 0 aliphatic heterocycles. The third kappa shape index (κ3) is 2.96. The Labute approximate surface area is 116 Å². The lowest BCUT2D eigenvalue weighted by Gasteiger charge is -2.07. The maximum absolute atomic E-state index is 13.3. The van der Waals surface area contributed by atoms with Gasteiger partial charge in [0.15, 0.2) is 0 Å². The van der Waals surface area contributed by atoms with Crippen LogP contribution in [0, 0.1) is 5.82 Å². The van der Waals surface area contributed by atoms with Crippen LogP contribution in [-0.4, -0.2) is 20.9 Å². The van der Waals surface area contributed by atoms with Crippen LogP contribution < -0.4 is 5.32 Å². The van der Waals surface area contributed by atoms with Gasteiger partial charge in [0.2, 0.25) is 0 Å². The highest BCUT2D eigenvalue weighted by molar-refractivity contribution is 5.89. The fraction of sp³-hybridized carbons (Fsp3) is 0.286. The van der Waals surface area contributed by atoms with Gasteiger partial charge >= 0.3 is 5.97 Å². The first-order valence-electron chi connectivity index (χ1n) is 6.29. The summed E-state index contributed by atoms with van der Waals surface area (Å²) in [4.78, 5) is 10.9. The number of hydrogen-bond acceptors (Lipinski definition) is 3. The van der Waals surface area contributed by atoms with Crippen molar-refractivity contribution < 1.29 is 14.3 Å². The lowest BCUT2D eigenvalue weighted by Crippen LogP contribution is -2.05. The van der Waals surface area contributed by atoms with Crippen LogP contribution in [0.3, 0.4) is 0 Å². The van der Waals surface area contributed by atoms with Gasteiger partial charge in [-0.3, -0.25) is 4.68 Å². The molecule has 2 N–H and O–H groups in total. The number of carboxylic acid groups (broad SMARTS) is 1. The van der Waals surface area contributed by atoms with Crippen molar-refractivity contribution in [3.05, 3.63) is 47.0 Å². The molecule has 0 amide bonds. The van der Waals surface area contributed by atoms with E-state index >= 15 is 0 Å². The highest BCUT2D eigenvalue weighted by Gasteiger charge is 2.11. The number of nitrogens with one attached hydrogen (secondary N) is 1. The van der Waals surface area contributed by atoms with Crippen molar-refractivity contribution in [2.75, 3.05) is 5.32 Å². The van der Waals surface area contributed by atoms with Gasteiger partial charge < -0.3 is 10.4 Å². The number of aryl methyl sites for hydroxylation is 2. The van der Waals surface area contributed by atoms with E-state index in [9.17, 15) is 9.18 Å². The minimum atomic E-state index is -1.28. The highest BCUT2D eigenvalue weighted by atomic mass is 19.1. The molecule has 0 radical (unpaired) electrons. The second kappa shape index (κ2) is 5.73. The van der Waals surface area contributed by atoms with Crippen LogP contribution in [0.2, 0.25) is 0 Å². The van der Waals surface area contributed by atoms with Crippen molar-refractivity contribution in [2.45, 2.75) is 19.9 Å². The first kappa shape index (κ1) is 14.0. The fourth-order valence-electron chi connectivity index (χ4n) is 2.03. The molecule has 0 unspecified atom stereocenters. The maximum atomic E-state index is 13.3. The molecular weight excluding hydrogens is 261 g/mol. The van der Waals surface area contributed by atoms with Crippen LogP contribution in [0.15, 0.2) is 24.4 Å². The zero-order valence-corrected chi connectivity index (χ0v) is 11.4. The summed E-state index contributed by atoms with van der Waals surface area (Å²) in [7, 11) is 1.85. The van der Waals surface area contributed by atoms with Gasteiger partial charge in [-0.25, -0.2) is 9.18 Å². The number of nitrogens with zero attached hydrogens (tertiary/aromatic N) is 2. The van der Waals surface area contributed by atoms with Gasteiger partial charge in [-0.15, -0.1) is 0 Å². The van der Waals surface area contributed by atoms with E-state index in [-0.39, 0.29) is 5.56 Å². The van der Waals surface area contributed by atoms with E-state index in [1.54, 1.807) is 4.68 Å². The molecular formula is C14H16FN3O2. The summed E-state index contributed by atoms with van der Waals surface area (Å²) in [5.74, 6) is -2.01. The Morgan fingerprint density at radius 3 is 2.90 bits per heavy atom. The van der Waals surface area contributed by atoms with Crippen molar-refractivity contribution in [1.82, 2.24) is 9.78 Å². The molecule has 2 rings (SSSR count). The van der Waals surface area contributed by atoms with Crippen LogP contribution in [0.1, 0.15) is 28.5 Å². The minimum Gasteiger partial charge on any atom is -0.478 e. The lowest BCUT2D eigenvalue weighted by atomic mass is 10.1. The van der Waals surface area contributed by atoms with Crippen LogP contribution >= 0.6 is 0 Å². The Balaban J connectivity index is 2.14. The summed E-state index contributed by atoms with van der Waals surface area (Å²) in [6, 6.07) is 3.96. The zero-order valence-electron chi connectivity index (χ0n) is 11.4. The normalized spacial score (nSPS) is 10.6. The predicted molar refractivity (Wildman–Crippen MR) is 73.3 cm³/mol. The Morgan fingerprint density at radius 2 is 2.25 bits per heavy atom. The topological polar surface area (TPSA) is 67.2 Å². The largest absolute Gasteiger partial charge is 0.478 e. The maximum Gasteiger partial charge on any atom is 0.338 e. The number of aromatic carboxylic acids is 1. The molecule has 1 aromatic heterocycles. The molecule has 0 saturated carbocycles. The zero-order chi connectivity index (χ0) is 14.7. The molecule has 0 saturated heterocycles. The molecule has 5 nitrogen and oxygen atoms in total.